The molecule has 1 atom stereocenters. The second kappa shape index (κ2) is 4.13. The summed E-state index contributed by atoms with van der Waals surface area (Å²) in [5, 5.41) is 3.16. The summed E-state index contributed by atoms with van der Waals surface area (Å²) in [5.74, 6) is 5.75. The van der Waals surface area contributed by atoms with E-state index in [1.165, 1.54) is 7.11 Å². The Hall–Kier alpha value is -1.01. The van der Waals surface area contributed by atoms with Gasteiger partial charge in [-0.25, -0.2) is 4.79 Å². The lowest BCUT2D eigenvalue weighted by atomic mass is 9.89. The Morgan fingerprint density at radius 2 is 2.33 bits per heavy atom. The first-order chi connectivity index (χ1) is 5.74. The Morgan fingerprint density at radius 1 is 1.67 bits per heavy atom. The summed E-state index contributed by atoms with van der Waals surface area (Å²) < 4.78 is 4.40. The van der Waals surface area contributed by atoms with Gasteiger partial charge in [-0.3, -0.25) is 0 Å². The molecule has 1 aliphatic heterocycles. The van der Waals surface area contributed by atoms with Crippen LogP contribution in [0.1, 0.15) is 6.92 Å². The normalized spacial score (nSPS) is 18.5. The number of carbonyl (C=O) groups is 1. The highest BCUT2D eigenvalue weighted by atomic mass is 16.5. The van der Waals surface area contributed by atoms with Gasteiger partial charge in [-0.1, -0.05) is 12.8 Å². The van der Waals surface area contributed by atoms with Crippen molar-refractivity contribution in [3.63, 3.8) is 0 Å². The first kappa shape index (κ1) is 9.08. The van der Waals surface area contributed by atoms with Gasteiger partial charge in [0.15, 0.2) is 0 Å². The second-order valence-corrected chi connectivity index (χ2v) is 2.97. The zero-order valence-corrected chi connectivity index (χ0v) is 7.39. The van der Waals surface area contributed by atoms with Gasteiger partial charge in [0, 0.05) is 24.9 Å². The van der Waals surface area contributed by atoms with E-state index in [0.717, 1.165) is 13.1 Å². The first-order valence-corrected chi connectivity index (χ1v) is 4.04. The Labute approximate surface area is 72.5 Å². The van der Waals surface area contributed by atoms with Crippen molar-refractivity contribution in [3.05, 3.63) is 0 Å². The maximum absolute atomic E-state index is 10.6. The molecular formula is C9H13NO2. The molecule has 1 N–H and O–H groups in total. The molecule has 12 heavy (non-hydrogen) atoms. The average molecular weight is 167 g/mol. The molecule has 66 valence electrons. The predicted molar refractivity (Wildman–Crippen MR) is 45.3 cm³/mol. The number of carbonyl (C=O) groups excluding carboxylic acids is 1. The van der Waals surface area contributed by atoms with Gasteiger partial charge in [0.1, 0.15) is 0 Å². The van der Waals surface area contributed by atoms with Crippen LogP contribution in [0.5, 0.6) is 0 Å². The Balaban J connectivity index is 2.35. The smallest absolute Gasteiger partial charge is 0.384 e. The van der Waals surface area contributed by atoms with Crippen LogP contribution in [-0.4, -0.2) is 26.2 Å². The molecule has 1 aliphatic rings. The summed E-state index contributed by atoms with van der Waals surface area (Å²) in [7, 11) is 1.34. The van der Waals surface area contributed by atoms with Crippen LogP contribution in [0.2, 0.25) is 0 Å². The fourth-order valence-electron chi connectivity index (χ4n) is 1.01. The zero-order valence-electron chi connectivity index (χ0n) is 7.39. The maximum atomic E-state index is 10.6. The van der Waals surface area contributed by atoms with Crippen LogP contribution in [0.4, 0.5) is 0 Å². The third kappa shape index (κ3) is 2.24. The highest BCUT2D eigenvalue weighted by molar-refractivity contribution is 5.88. The molecule has 0 aromatic rings. The predicted octanol–water partition coefficient (Wildman–Crippen LogP) is 0.0183. The Bertz CT molecular complexity index is 222. The molecule has 3 heteroatoms. The molecule has 1 saturated heterocycles. The van der Waals surface area contributed by atoms with Crippen molar-refractivity contribution in [2.24, 2.45) is 11.8 Å². The summed E-state index contributed by atoms with van der Waals surface area (Å²) in [6.45, 7) is 4.05. The lowest BCUT2D eigenvalue weighted by molar-refractivity contribution is -0.133. The van der Waals surface area contributed by atoms with Crippen LogP contribution in [0, 0.1) is 23.7 Å². The van der Waals surface area contributed by atoms with E-state index >= 15 is 0 Å². The van der Waals surface area contributed by atoms with Crippen molar-refractivity contribution in [2.45, 2.75) is 6.92 Å². The van der Waals surface area contributed by atoms with E-state index in [9.17, 15) is 4.79 Å². The molecule has 0 radical (unpaired) electrons. The van der Waals surface area contributed by atoms with Crippen LogP contribution >= 0.6 is 0 Å². The fourth-order valence-corrected chi connectivity index (χ4v) is 1.01. The lowest BCUT2D eigenvalue weighted by Gasteiger charge is -2.29. The Morgan fingerprint density at radius 3 is 2.75 bits per heavy atom. The average Bonchev–Trinajstić information content (AvgIpc) is 1.97. The minimum Gasteiger partial charge on any atom is -0.459 e. The zero-order chi connectivity index (χ0) is 8.97. The van der Waals surface area contributed by atoms with E-state index in [1.54, 1.807) is 0 Å². The SMILES string of the molecule is COC(=O)C#CC(C)C1CNC1. The van der Waals surface area contributed by atoms with Gasteiger partial charge in [-0.05, 0) is 5.92 Å². The number of hydrogen-bond acceptors (Lipinski definition) is 3. The summed E-state index contributed by atoms with van der Waals surface area (Å²) >= 11 is 0. The molecule has 0 saturated carbocycles. The quantitative estimate of drug-likeness (QED) is 0.340. The minimum atomic E-state index is -0.450. The number of hydrogen-bond donors (Lipinski definition) is 1. The molecule has 3 nitrogen and oxygen atoms in total. The molecule has 1 unspecified atom stereocenters. The van der Waals surface area contributed by atoms with Crippen molar-refractivity contribution in [2.75, 3.05) is 20.2 Å². The van der Waals surface area contributed by atoms with Crippen molar-refractivity contribution in [1.29, 1.82) is 0 Å². The van der Waals surface area contributed by atoms with Gasteiger partial charge in [-0.15, -0.1) is 0 Å². The summed E-state index contributed by atoms with van der Waals surface area (Å²) in [6.07, 6.45) is 0. The fraction of sp³-hybridized carbons (Fsp3) is 0.667. The molecule has 1 fully saturated rings. The van der Waals surface area contributed by atoms with Crippen molar-refractivity contribution in [1.82, 2.24) is 5.32 Å². The van der Waals surface area contributed by atoms with Gasteiger partial charge in [-0.2, -0.15) is 0 Å². The van der Waals surface area contributed by atoms with Gasteiger partial charge in [0.25, 0.3) is 0 Å². The molecule has 0 aromatic heterocycles. The van der Waals surface area contributed by atoms with Crippen molar-refractivity contribution >= 4 is 5.97 Å². The van der Waals surface area contributed by atoms with Gasteiger partial charge < -0.3 is 10.1 Å². The molecular weight excluding hydrogens is 154 g/mol. The standard InChI is InChI=1S/C9H13NO2/c1-7(8-5-10-6-8)3-4-9(11)12-2/h7-8,10H,5-6H2,1-2H3. The van der Waals surface area contributed by atoms with E-state index in [4.69, 9.17) is 0 Å². The third-order valence-electron chi connectivity index (χ3n) is 2.11. The summed E-state index contributed by atoms with van der Waals surface area (Å²) in [5.41, 5.74) is 0. The van der Waals surface area contributed by atoms with E-state index in [0.29, 0.717) is 5.92 Å². The van der Waals surface area contributed by atoms with E-state index < -0.39 is 5.97 Å². The number of esters is 1. The summed E-state index contributed by atoms with van der Waals surface area (Å²) in [6, 6.07) is 0. The second-order valence-electron chi connectivity index (χ2n) is 2.97. The lowest BCUT2D eigenvalue weighted by Crippen LogP contribution is -2.45. The number of ether oxygens (including phenoxy) is 1. The van der Waals surface area contributed by atoms with Gasteiger partial charge >= 0.3 is 5.97 Å². The maximum Gasteiger partial charge on any atom is 0.384 e. The van der Waals surface area contributed by atoms with Crippen LogP contribution in [0.15, 0.2) is 0 Å². The minimum absolute atomic E-state index is 0.283. The molecule has 0 amide bonds. The topological polar surface area (TPSA) is 38.3 Å². The van der Waals surface area contributed by atoms with Crippen molar-refractivity contribution < 1.29 is 9.53 Å². The first-order valence-electron chi connectivity index (χ1n) is 4.04. The van der Waals surface area contributed by atoms with Crippen LogP contribution in [0.25, 0.3) is 0 Å². The molecule has 0 spiro atoms. The van der Waals surface area contributed by atoms with Crippen LogP contribution in [0.3, 0.4) is 0 Å². The summed E-state index contributed by atoms with van der Waals surface area (Å²) in [4.78, 5) is 10.6. The van der Waals surface area contributed by atoms with E-state index in [2.05, 4.69) is 21.9 Å². The van der Waals surface area contributed by atoms with Gasteiger partial charge in [0.2, 0.25) is 0 Å². The molecule has 0 bridgehead atoms. The van der Waals surface area contributed by atoms with Gasteiger partial charge in [0.05, 0.1) is 7.11 Å². The largest absolute Gasteiger partial charge is 0.459 e. The molecule has 1 rings (SSSR count). The van der Waals surface area contributed by atoms with Crippen LogP contribution in [-0.2, 0) is 9.53 Å². The monoisotopic (exact) mass is 167 g/mol. The number of rotatable bonds is 1. The number of nitrogens with one attached hydrogen (secondary N) is 1. The van der Waals surface area contributed by atoms with Crippen LogP contribution < -0.4 is 5.32 Å². The molecule has 0 aliphatic carbocycles. The van der Waals surface area contributed by atoms with Crippen molar-refractivity contribution in [3.8, 4) is 11.8 Å². The molecule has 1 heterocycles. The third-order valence-corrected chi connectivity index (χ3v) is 2.11. The number of methoxy groups -OCH3 is 1. The van der Waals surface area contributed by atoms with E-state index in [-0.39, 0.29) is 5.92 Å². The van der Waals surface area contributed by atoms with E-state index in [1.807, 2.05) is 6.92 Å². The Kier molecular flexibility index (Phi) is 3.12. The molecule has 0 aromatic carbocycles. The highest BCUT2D eigenvalue weighted by Crippen LogP contribution is 2.14. The highest BCUT2D eigenvalue weighted by Gasteiger charge is 2.21.